The standard InChI is InChI=1S/C14H18BrN3/c1-14(2,3)7-12-13-10(4-5-18(12)9-15)6-11(8-16)17-13/h4-6,12,17H,7,9H2,1-3H3. The van der Waals surface area contributed by atoms with Crippen LogP contribution in [0.3, 0.4) is 0 Å². The summed E-state index contributed by atoms with van der Waals surface area (Å²) < 4.78 is 0. The van der Waals surface area contributed by atoms with Gasteiger partial charge in [-0.2, -0.15) is 5.26 Å². The van der Waals surface area contributed by atoms with Gasteiger partial charge in [0.15, 0.2) is 0 Å². The summed E-state index contributed by atoms with van der Waals surface area (Å²) in [6.45, 7) is 6.72. The van der Waals surface area contributed by atoms with Crippen LogP contribution in [0, 0.1) is 16.7 Å². The fourth-order valence-electron chi connectivity index (χ4n) is 2.33. The van der Waals surface area contributed by atoms with Crippen LogP contribution >= 0.6 is 15.9 Å². The maximum atomic E-state index is 9.00. The van der Waals surface area contributed by atoms with Crippen molar-refractivity contribution in [2.24, 2.45) is 5.41 Å². The molecule has 1 aliphatic rings. The molecular formula is C14H18BrN3. The molecule has 1 N–H and O–H groups in total. The minimum Gasteiger partial charge on any atom is -0.359 e. The maximum Gasteiger partial charge on any atom is 0.118 e. The van der Waals surface area contributed by atoms with Crippen molar-refractivity contribution in [3.8, 4) is 6.07 Å². The highest BCUT2D eigenvalue weighted by atomic mass is 79.9. The molecule has 0 aromatic carbocycles. The third kappa shape index (κ3) is 2.62. The first-order chi connectivity index (χ1) is 8.44. The van der Waals surface area contributed by atoms with Gasteiger partial charge >= 0.3 is 0 Å². The van der Waals surface area contributed by atoms with E-state index in [0.29, 0.717) is 11.7 Å². The van der Waals surface area contributed by atoms with Gasteiger partial charge in [-0.05, 0) is 24.0 Å². The highest BCUT2D eigenvalue weighted by molar-refractivity contribution is 9.09. The van der Waals surface area contributed by atoms with E-state index >= 15 is 0 Å². The number of nitrogens with one attached hydrogen (secondary N) is 1. The van der Waals surface area contributed by atoms with Crippen molar-refractivity contribution >= 4 is 22.0 Å². The lowest BCUT2D eigenvalue weighted by atomic mass is 9.85. The second kappa shape index (κ2) is 4.81. The van der Waals surface area contributed by atoms with Crippen LogP contribution in [0.1, 0.15) is 50.2 Å². The van der Waals surface area contributed by atoms with E-state index in [1.165, 1.54) is 0 Å². The summed E-state index contributed by atoms with van der Waals surface area (Å²) in [5.41, 5.74) is 3.97. The lowest BCUT2D eigenvalue weighted by Gasteiger charge is -2.36. The first-order valence-electron chi connectivity index (χ1n) is 6.07. The van der Waals surface area contributed by atoms with Crippen molar-refractivity contribution < 1.29 is 0 Å². The molecule has 0 spiro atoms. The number of aromatic nitrogens is 1. The minimum atomic E-state index is 0.242. The van der Waals surface area contributed by atoms with Gasteiger partial charge in [0.25, 0.3) is 0 Å². The summed E-state index contributed by atoms with van der Waals surface area (Å²) in [6.07, 6.45) is 5.21. The number of nitrogens with zero attached hydrogens (tertiary/aromatic N) is 2. The Kier molecular flexibility index (Phi) is 3.54. The van der Waals surface area contributed by atoms with E-state index in [1.54, 1.807) is 0 Å². The van der Waals surface area contributed by atoms with Crippen molar-refractivity contribution in [1.82, 2.24) is 9.88 Å². The molecule has 2 rings (SSSR count). The van der Waals surface area contributed by atoms with Gasteiger partial charge in [-0.3, -0.25) is 0 Å². The molecule has 0 fully saturated rings. The predicted octanol–water partition coefficient (Wildman–Crippen LogP) is 4.00. The zero-order valence-corrected chi connectivity index (χ0v) is 12.6. The number of H-pyrrole nitrogens is 1. The zero-order valence-electron chi connectivity index (χ0n) is 11.0. The first kappa shape index (κ1) is 13.2. The SMILES string of the molecule is CC(C)(C)CC1c2[nH]c(C#N)cc2C=CN1CBr. The summed E-state index contributed by atoms with van der Waals surface area (Å²) in [5.74, 6) is 0. The molecule has 1 aromatic rings. The lowest BCUT2D eigenvalue weighted by Crippen LogP contribution is -2.29. The van der Waals surface area contributed by atoms with E-state index in [2.05, 4.69) is 64.9 Å². The Bertz CT molecular complexity index is 502. The fourth-order valence-corrected chi connectivity index (χ4v) is 2.85. The van der Waals surface area contributed by atoms with E-state index in [9.17, 15) is 0 Å². The van der Waals surface area contributed by atoms with E-state index in [-0.39, 0.29) is 5.41 Å². The van der Waals surface area contributed by atoms with Gasteiger partial charge in [0.1, 0.15) is 11.8 Å². The summed E-state index contributed by atoms with van der Waals surface area (Å²) >= 11 is 3.53. The van der Waals surface area contributed by atoms with E-state index < -0.39 is 0 Å². The van der Waals surface area contributed by atoms with Gasteiger partial charge in [0, 0.05) is 17.5 Å². The quantitative estimate of drug-likeness (QED) is 0.663. The third-order valence-corrected chi connectivity index (χ3v) is 3.70. The molecular weight excluding hydrogens is 290 g/mol. The molecule has 0 amide bonds. The van der Waals surface area contributed by atoms with Crippen molar-refractivity contribution in [3.05, 3.63) is 29.2 Å². The summed E-state index contributed by atoms with van der Waals surface area (Å²) in [4.78, 5) is 5.50. The second-order valence-electron chi connectivity index (χ2n) is 5.89. The third-order valence-electron chi connectivity index (χ3n) is 3.12. The second-order valence-corrected chi connectivity index (χ2v) is 6.40. The Labute approximate surface area is 117 Å². The fraction of sp³-hybridized carbons (Fsp3) is 0.500. The van der Waals surface area contributed by atoms with E-state index in [0.717, 1.165) is 23.1 Å². The first-order valence-corrected chi connectivity index (χ1v) is 7.19. The maximum absolute atomic E-state index is 9.00. The van der Waals surface area contributed by atoms with Gasteiger partial charge in [0.2, 0.25) is 0 Å². The van der Waals surface area contributed by atoms with E-state index in [4.69, 9.17) is 5.26 Å². The summed E-state index contributed by atoms with van der Waals surface area (Å²) in [7, 11) is 0. The summed E-state index contributed by atoms with van der Waals surface area (Å²) in [6, 6.07) is 4.40. The molecule has 2 heterocycles. The highest BCUT2D eigenvalue weighted by Crippen LogP contribution is 2.38. The normalized spacial score (nSPS) is 18.6. The molecule has 0 saturated heterocycles. The van der Waals surface area contributed by atoms with Gasteiger partial charge < -0.3 is 9.88 Å². The predicted molar refractivity (Wildman–Crippen MR) is 77.0 cm³/mol. The van der Waals surface area contributed by atoms with Gasteiger partial charge in [-0.1, -0.05) is 36.7 Å². The summed E-state index contributed by atoms with van der Waals surface area (Å²) in [5, 5.41) is 9.00. The van der Waals surface area contributed by atoms with Crippen molar-refractivity contribution in [1.29, 1.82) is 5.26 Å². The molecule has 1 atom stereocenters. The number of fused-ring (bicyclic) bond motifs is 1. The van der Waals surface area contributed by atoms with Crippen LogP contribution < -0.4 is 0 Å². The van der Waals surface area contributed by atoms with E-state index in [1.807, 2.05) is 6.07 Å². The molecule has 3 nitrogen and oxygen atoms in total. The molecule has 0 aliphatic carbocycles. The zero-order chi connectivity index (χ0) is 13.3. The Hall–Kier alpha value is -1.21. The molecule has 0 bridgehead atoms. The number of aromatic amines is 1. The Morgan fingerprint density at radius 2 is 2.22 bits per heavy atom. The van der Waals surface area contributed by atoms with Crippen LogP contribution in [0.15, 0.2) is 12.3 Å². The Balaban J connectivity index is 2.38. The number of alkyl halides is 1. The van der Waals surface area contributed by atoms with Crippen LogP contribution in [0.4, 0.5) is 0 Å². The van der Waals surface area contributed by atoms with Crippen LogP contribution in [-0.4, -0.2) is 15.3 Å². The van der Waals surface area contributed by atoms with Crippen LogP contribution in [0.2, 0.25) is 0 Å². The Morgan fingerprint density at radius 1 is 1.50 bits per heavy atom. The number of hydrogen-bond acceptors (Lipinski definition) is 2. The minimum absolute atomic E-state index is 0.242. The van der Waals surface area contributed by atoms with Crippen molar-refractivity contribution in [2.45, 2.75) is 33.2 Å². The largest absolute Gasteiger partial charge is 0.359 e. The molecule has 4 heteroatoms. The number of rotatable bonds is 2. The smallest absolute Gasteiger partial charge is 0.118 e. The van der Waals surface area contributed by atoms with Gasteiger partial charge in [-0.15, -0.1) is 0 Å². The van der Waals surface area contributed by atoms with Crippen molar-refractivity contribution in [3.63, 3.8) is 0 Å². The number of nitriles is 1. The molecule has 1 aromatic heterocycles. The highest BCUT2D eigenvalue weighted by Gasteiger charge is 2.29. The van der Waals surface area contributed by atoms with Crippen LogP contribution in [0.25, 0.3) is 6.08 Å². The average Bonchev–Trinajstić information content (AvgIpc) is 2.71. The molecule has 18 heavy (non-hydrogen) atoms. The molecule has 96 valence electrons. The number of halogens is 1. The van der Waals surface area contributed by atoms with Gasteiger partial charge in [-0.25, -0.2) is 0 Å². The molecule has 0 radical (unpaired) electrons. The Morgan fingerprint density at radius 3 is 2.78 bits per heavy atom. The lowest BCUT2D eigenvalue weighted by molar-refractivity contribution is 0.221. The molecule has 0 saturated carbocycles. The van der Waals surface area contributed by atoms with Crippen molar-refractivity contribution in [2.75, 3.05) is 5.45 Å². The number of hydrogen-bond donors (Lipinski definition) is 1. The molecule has 1 unspecified atom stereocenters. The molecule has 1 aliphatic heterocycles. The topological polar surface area (TPSA) is 42.8 Å². The monoisotopic (exact) mass is 307 g/mol. The van der Waals surface area contributed by atoms with Gasteiger partial charge in [0.05, 0.1) is 11.5 Å². The van der Waals surface area contributed by atoms with Crippen LogP contribution in [0.5, 0.6) is 0 Å². The average molecular weight is 308 g/mol. The van der Waals surface area contributed by atoms with Crippen LogP contribution in [-0.2, 0) is 0 Å².